The van der Waals surface area contributed by atoms with Crippen LogP contribution >= 0.6 is 23.4 Å². The van der Waals surface area contributed by atoms with Gasteiger partial charge in [-0.05, 0) is 35.4 Å². The average Bonchev–Trinajstić information content (AvgIpc) is 2.77. The van der Waals surface area contributed by atoms with Crippen LogP contribution in [0.4, 0.5) is 0 Å². The zero-order valence-electron chi connectivity index (χ0n) is 10.6. The van der Waals surface area contributed by atoms with E-state index in [0.717, 1.165) is 47.3 Å². The summed E-state index contributed by atoms with van der Waals surface area (Å²) >= 11 is 7.89. The van der Waals surface area contributed by atoms with Gasteiger partial charge in [0.15, 0.2) is 0 Å². The first-order chi connectivity index (χ1) is 8.70. The molecule has 1 aliphatic rings. The zero-order valence-corrected chi connectivity index (χ0v) is 12.2. The summed E-state index contributed by atoms with van der Waals surface area (Å²) in [6.07, 6.45) is 2.37. The maximum absolute atomic E-state index is 10.0. The van der Waals surface area contributed by atoms with E-state index in [1.807, 2.05) is 12.1 Å². The van der Waals surface area contributed by atoms with Crippen LogP contribution in [0, 0.1) is 0 Å². The minimum atomic E-state index is -0.326. The predicted octanol–water partition coefficient (Wildman–Crippen LogP) is 3.32. The molecule has 0 spiro atoms. The average molecular weight is 287 g/mol. The van der Waals surface area contributed by atoms with Gasteiger partial charge in [0.1, 0.15) is 5.75 Å². The van der Waals surface area contributed by atoms with Crippen LogP contribution in [-0.4, -0.2) is 29.3 Å². The minimum absolute atomic E-state index is 0.326. The third kappa shape index (κ3) is 3.56. The van der Waals surface area contributed by atoms with E-state index in [-0.39, 0.29) is 6.10 Å². The second-order valence-electron chi connectivity index (χ2n) is 4.58. The van der Waals surface area contributed by atoms with Gasteiger partial charge in [0.05, 0.1) is 12.7 Å². The number of hydrogen-bond acceptors (Lipinski definition) is 3. The quantitative estimate of drug-likeness (QED) is 0.814. The highest BCUT2D eigenvalue weighted by Gasteiger charge is 2.19. The molecule has 1 aliphatic heterocycles. The van der Waals surface area contributed by atoms with Crippen molar-refractivity contribution in [3.63, 3.8) is 0 Å². The third-order valence-electron chi connectivity index (χ3n) is 2.94. The summed E-state index contributed by atoms with van der Waals surface area (Å²) in [5.41, 5.74) is 2.21. The van der Waals surface area contributed by atoms with Crippen LogP contribution in [0.15, 0.2) is 12.1 Å². The summed E-state index contributed by atoms with van der Waals surface area (Å²) in [5, 5.41) is 10.8. The maximum atomic E-state index is 10.0. The van der Waals surface area contributed by atoms with Crippen molar-refractivity contribution < 1.29 is 9.84 Å². The summed E-state index contributed by atoms with van der Waals surface area (Å²) in [6.45, 7) is 2.88. The highest BCUT2D eigenvalue weighted by atomic mass is 35.5. The molecule has 4 heteroatoms. The third-order valence-corrected chi connectivity index (χ3v) is 4.48. The lowest BCUT2D eigenvalue weighted by molar-refractivity contribution is 0.198. The molecule has 18 heavy (non-hydrogen) atoms. The van der Waals surface area contributed by atoms with Crippen LogP contribution in [0.25, 0.3) is 0 Å². The zero-order chi connectivity index (χ0) is 13.0. The number of fused-ring (bicyclic) bond motifs is 1. The van der Waals surface area contributed by atoms with Crippen molar-refractivity contribution in [1.29, 1.82) is 0 Å². The first kappa shape index (κ1) is 14.0. The Bertz CT molecular complexity index is 409. The Labute approximate surface area is 118 Å². The summed E-state index contributed by atoms with van der Waals surface area (Å²) in [5.74, 6) is 2.81. The van der Waals surface area contributed by atoms with Crippen molar-refractivity contribution in [3.8, 4) is 5.75 Å². The molecule has 1 aromatic rings. The molecule has 0 aliphatic carbocycles. The minimum Gasteiger partial charge on any atom is -0.493 e. The molecule has 2 rings (SSSR count). The second kappa shape index (κ2) is 6.69. The SMILES string of the molecule is CCCSCC(O)Cc1cc(Cl)cc2c1OCC2. The van der Waals surface area contributed by atoms with Gasteiger partial charge in [0.25, 0.3) is 0 Å². The van der Waals surface area contributed by atoms with Crippen LogP contribution in [0.5, 0.6) is 5.75 Å². The van der Waals surface area contributed by atoms with Crippen molar-refractivity contribution in [2.24, 2.45) is 0 Å². The van der Waals surface area contributed by atoms with Crippen LogP contribution < -0.4 is 4.74 Å². The fourth-order valence-corrected chi connectivity index (χ4v) is 3.28. The van der Waals surface area contributed by atoms with Crippen molar-refractivity contribution in [2.75, 3.05) is 18.1 Å². The van der Waals surface area contributed by atoms with Crippen LogP contribution in [-0.2, 0) is 12.8 Å². The second-order valence-corrected chi connectivity index (χ2v) is 6.17. The van der Waals surface area contributed by atoms with Gasteiger partial charge in [-0.25, -0.2) is 0 Å². The smallest absolute Gasteiger partial charge is 0.126 e. The number of thioether (sulfide) groups is 1. The molecule has 0 fully saturated rings. The van der Waals surface area contributed by atoms with Gasteiger partial charge in [0.2, 0.25) is 0 Å². The summed E-state index contributed by atoms with van der Waals surface area (Å²) in [7, 11) is 0. The fourth-order valence-electron chi connectivity index (χ4n) is 2.17. The predicted molar refractivity (Wildman–Crippen MR) is 78.0 cm³/mol. The number of benzene rings is 1. The fraction of sp³-hybridized carbons (Fsp3) is 0.571. The Morgan fingerprint density at radius 2 is 2.33 bits per heavy atom. The summed E-state index contributed by atoms with van der Waals surface area (Å²) in [4.78, 5) is 0. The molecule has 0 saturated heterocycles. The van der Waals surface area contributed by atoms with Gasteiger partial charge in [-0.2, -0.15) is 11.8 Å². The van der Waals surface area contributed by atoms with E-state index in [2.05, 4.69) is 6.92 Å². The molecule has 0 amide bonds. The van der Waals surface area contributed by atoms with Gasteiger partial charge < -0.3 is 9.84 Å². The lowest BCUT2D eigenvalue weighted by Crippen LogP contribution is -2.14. The van der Waals surface area contributed by atoms with E-state index < -0.39 is 0 Å². The highest BCUT2D eigenvalue weighted by Crippen LogP contribution is 2.33. The lowest BCUT2D eigenvalue weighted by atomic mass is 10.0. The van der Waals surface area contributed by atoms with Crippen molar-refractivity contribution in [1.82, 2.24) is 0 Å². The number of hydrogen-bond donors (Lipinski definition) is 1. The van der Waals surface area contributed by atoms with Gasteiger partial charge >= 0.3 is 0 Å². The Balaban J connectivity index is 2.00. The van der Waals surface area contributed by atoms with E-state index in [9.17, 15) is 5.11 Å². The normalized spacial score (nSPS) is 15.3. The van der Waals surface area contributed by atoms with E-state index in [1.54, 1.807) is 11.8 Å². The maximum Gasteiger partial charge on any atom is 0.126 e. The Hall–Kier alpha value is -0.380. The molecule has 2 nitrogen and oxygen atoms in total. The monoisotopic (exact) mass is 286 g/mol. The number of aliphatic hydroxyl groups excluding tert-OH is 1. The number of rotatable bonds is 6. The molecule has 0 bridgehead atoms. The Morgan fingerprint density at radius 3 is 3.11 bits per heavy atom. The number of aliphatic hydroxyl groups is 1. The van der Waals surface area contributed by atoms with E-state index in [1.165, 1.54) is 5.56 Å². The van der Waals surface area contributed by atoms with Gasteiger partial charge in [-0.1, -0.05) is 18.5 Å². The Kier molecular flexibility index (Phi) is 5.22. The van der Waals surface area contributed by atoms with Gasteiger partial charge in [0, 0.05) is 23.6 Å². The van der Waals surface area contributed by atoms with Crippen LogP contribution in [0.1, 0.15) is 24.5 Å². The summed E-state index contributed by atoms with van der Waals surface area (Å²) < 4.78 is 5.63. The van der Waals surface area contributed by atoms with Crippen molar-refractivity contribution >= 4 is 23.4 Å². The van der Waals surface area contributed by atoms with Gasteiger partial charge in [-0.15, -0.1) is 0 Å². The lowest BCUT2D eigenvalue weighted by Gasteiger charge is -2.13. The molecule has 1 N–H and O–H groups in total. The molecule has 1 atom stereocenters. The van der Waals surface area contributed by atoms with Crippen LogP contribution in [0.2, 0.25) is 5.02 Å². The van der Waals surface area contributed by atoms with E-state index in [0.29, 0.717) is 6.42 Å². The van der Waals surface area contributed by atoms with Gasteiger partial charge in [-0.3, -0.25) is 0 Å². The highest BCUT2D eigenvalue weighted by molar-refractivity contribution is 7.99. The molecular formula is C14H19ClO2S. The molecule has 0 aromatic heterocycles. The number of halogens is 1. The molecular weight excluding hydrogens is 268 g/mol. The molecule has 0 radical (unpaired) electrons. The molecule has 0 saturated carbocycles. The van der Waals surface area contributed by atoms with Crippen molar-refractivity contribution in [2.45, 2.75) is 32.3 Å². The first-order valence-electron chi connectivity index (χ1n) is 6.40. The molecule has 1 aromatic carbocycles. The topological polar surface area (TPSA) is 29.5 Å². The summed E-state index contributed by atoms with van der Waals surface area (Å²) in [6, 6.07) is 3.88. The van der Waals surface area contributed by atoms with E-state index in [4.69, 9.17) is 16.3 Å². The first-order valence-corrected chi connectivity index (χ1v) is 7.94. The van der Waals surface area contributed by atoms with E-state index >= 15 is 0 Å². The largest absolute Gasteiger partial charge is 0.493 e. The van der Waals surface area contributed by atoms with Crippen molar-refractivity contribution in [3.05, 3.63) is 28.3 Å². The Morgan fingerprint density at radius 1 is 1.50 bits per heavy atom. The molecule has 1 unspecified atom stereocenters. The molecule has 1 heterocycles. The standard InChI is InChI=1S/C14H19ClO2S/c1-2-5-18-9-13(16)8-11-7-12(15)6-10-3-4-17-14(10)11/h6-7,13,16H,2-5,8-9H2,1H3. The molecule has 100 valence electrons. The number of ether oxygens (including phenoxy) is 1. The van der Waals surface area contributed by atoms with Crippen LogP contribution in [0.3, 0.4) is 0 Å².